The van der Waals surface area contributed by atoms with E-state index >= 15 is 0 Å². The van der Waals surface area contributed by atoms with E-state index in [0.717, 1.165) is 0 Å². The van der Waals surface area contributed by atoms with Gasteiger partial charge in [-0.15, -0.1) is 0 Å². The molecule has 27 heavy (non-hydrogen) atoms. The third kappa shape index (κ3) is 5.58. The second-order valence-corrected chi connectivity index (χ2v) is 5.88. The summed E-state index contributed by atoms with van der Waals surface area (Å²) in [6.07, 6.45) is 1.27. The molecule has 0 aliphatic rings. The molecule has 0 fully saturated rings. The van der Waals surface area contributed by atoms with Gasteiger partial charge in [-0.3, -0.25) is 4.79 Å². The molecule has 140 valence electrons. The van der Waals surface area contributed by atoms with Crippen LogP contribution in [0.25, 0.3) is 6.08 Å². The molecule has 0 unspecified atom stereocenters. The SMILES string of the molecule is COc1cc(C=C(C#N)C(=O)Nc2ccc(Cl)cc2Cl)ccc1OC(F)F. The van der Waals surface area contributed by atoms with E-state index < -0.39 is 12.5 Å². The van der Waals surface area contributed by atoms with E-state index in [0.29, 0.717) is 10.6 Å². The highest BCUT2D eigenvalue weighted by Crippen LogP contribution is 2.30. The molecular formula is C18H12Cl2F2N2O3. The van der Waals surface area contributed by atoms with Crippen LogP contribution in [0.15, 0.2) is 42.0 Å². The number of ether oxygens (including phenoxy) is 2. The number of hydrogen-bond acceptors (Lipinski definition) is 4. The second kappa shape index (κ2) is 9.21. The maximum absolute atomic E-state index is 12.4. The molecule has 1 amide bonds. The first kappa shape index (κ1) is 20.5. The number of rotatable bonds is 6. The Bertz CT molecular complexity index is 927. The Morgan fingerprint density at radius 2 is 1.96 bits per heavy atom. The zero-order valence-corrected chi connectivity index (χ0v) is 15.3. The van der Waals surface area contributed by atoms with Crippen molar-refractivity contribution in [3.05, 3.63) is 57.6 Å². The average molecular weight is 413 g/mol. The molecule has 0 saturated heterocycles. The minimum Gasteiger partial charge on any atom is -0.493 e. The highest BCUT2D eigenvalue weighted by Gasteiger charge is 2.14. The van der Waals surface area contributed by atoms with Crippen molar-refractivity contribution < 1.29 is 23.0 Å². The van der Waals surface area contributed by atoms with Gasteiger partial charge in [0.15, 0.2) is 11.5 Å². The molecule has 9 heteroatoms. The first-order chi connectivity index (χ1) is 12.8. The van der Waals surface area contributed by atoms with Gasteiger partial charge in [0.2, 0.25) is 0 Å². The van der Waals surface area contributed by atoms with Gasteiger partial charge in [0.25, 0.3) is 5.91 Å². The minimum absolute atomic E-state index is 0.0301. The van der Waals surface area contributed by atoms with E-state index in [1.165, 1.54) is 49.6 Å². The van der Waals surface area contributed by atoms with Gasteiger partial charge < -0.3 is 14.8 Å². The van der Waals surface area contributed by atoms with E-state index in [2.05, 4.69) is 10.1 Å². The Labute approximate surface area is 163 Å². The first-order valence-corrected chi connectivity index (χ1v) is 8.10. The lowest BCUT2D eigenvalue weighted by Crippen LogP contribution is -2.13. The molecule has 2 rings (SSSR count). The summed E-state index contributed by atoms with van der Waals surface area (Å²) in [6, 6.07) is 10.3. The number of halogens is 4. The fourth-order valence-corrected chi connectivity index (χ4v) is 2.52. The number of carbonyl (C=O) groups is 1. The van der Waals surface area contributed by atoms with Crippen LogP contribution in [-0.4, -0.2) is 19.6 Å². The van der Waals surface area contributed by atoms with E-state index in [9.17, 15) is 18.8 Å². The molecule has 2 aromatic rings. The first-order valence-electron chi connectivity index (χ1n) is 7.35. The fraction of sp³-hybridized carbons (Fsp3) is 0.111. The Balaban J connectivity index is 2.26. The zero-order chi connectivity index (χ0) is 20.0. The summed E-state index contributed by atoms with van der Waals surface area (Å²) in [6.45, 7) is -3.01. The van der Waals surface area contributed by atoms with Crippen LogP contribution in [0.3, 0.4) is 0 Å². The smallest absolute Gasteiger partial charge is 0.387 e. The standard InChI is InChI=1S/C18H12Cl2F2N2O3/c1-26-16-7-10(2-5-15(16)27-18(21)22)6-11(9-23)17(25)24-14-4-3-12(19)8-13(14)20/h2-8,18H,1H3,(H,24,25). The monoisotopic (exact) mass is 412 g/mol. The van der Waals surface area contributed by atoms with Crippen LogP contribution in [0, 0.1) is 11.3 Å². The van der Waals surface area contributed by atoms with Crippen molar-refractivity contribution in [2.24, 2.45) is 0 Å². The van der Waals surface area contributed by atoms with Crippen LogP contribution >= 0.6 is 23.2 Å². The molecule has 0 aromatic heterocycles. The molecule has 0 spiro atoms. The van der Waals surface area contributed by atoms with Crippen LogP contribution < -0.4 is 14.8 Å². The van der Waals surface area contributed by atoms with Crippen LogP contribution in [-0.2, 0) is 4.79 Å². The van der Waals surface area contributed by atoms with Crippen molar-refractivity contribution in [1.29, 1.82) is 5.26 Å². The number of benzene rings is 2. The molecule has 0 atom stereocenters. The molecule has 0 aliphatic carbocycles. The van der Waals surface area contributed by atoms with Gasteiger partial charge in [-0.1, -0.05) is 29.3 Å². The fourth-order valence-electron chi connectivity index (χ4n) is 2.06. The van der Waals surface area contributed by atoms with Crippen molar-refractivity contribution in [2.45, 2.75) is 6.61 Å². The molecular weight excluding hydrogens is 401 g/mol. The van der Waals surface area contributed by atoms with Crippen molar-refractivity contribution in [3.63, 3.8) is 0 Å². The van der Waals surface area contributed by atoms with Gasteiger partial charge in [-0.2, -0.15) is 14.0 Å². The Hall–Kier alpha value is -2.82. The maximum atomic E-state index is 12.4. The van der Waals surface area contributed by atoms with Gasteiger partial charge in [-0.05, 0) is 42.0 Å². The number of hydrogen-bond donors (Lipinski definition) is 1. The molecule has 2 aromatic carbocycles. The summed E-state index contributed by atoms with van der Waals surface area (Å²) in [5.41, 5.74) is 0.429. The van der Waals surface area contributed by atoms with Crippen molar-refractivity contribution in [3.8, 4) is 17.6 Å². The second-order valence-electron chi connectivity index (χ2n) is 5.04. The molecule has 1 N–H and O–H groups in total. The number of nitrogens with one attached hydrogen (secondary N) is 1. The quantitative estimate of drug-likeness (QED) is 0.525. The third-order valence-corrected chi connectivity index (χ3v) is 3.81. The number of alkyl halides is 2. The largest absolute Gasteiger partial charge is 0.493 e. The highest BCUT2D eigenvalue weighted by atomic mass is 35.5. The van der Waals surface area contributed by atoms with Crippen LogP contribution in [0.4, 0.5) is 14.5 Å². The Kier molecular flexibility index (Phi) is 6.99. The predicted molar refractivity (Wildman–Crippen MR) is 98.3 cm³/mol. The van der Waals surface area contributed by atoms with Crippen molar-refractivity contribution in [2.75, 3.05) is 12.4 Å². The summed E-state index contributed by atoms with van der Waals surface area (Å²) in [5, 5.41) is 12.4. The lowest BCUT2D eigenvalue weighted by atomic mass is 10.1. The van der Waals surface area contributed by atoms with E-state index in [-0.39, 0.29) is 27.8 Å². The normalized spacial score (nSPS) is 11.1. The van der Waals surface area contributed by atoms with E-state index in [1.54, 1.807) is 6.07 Å². The highest BCUT2D eigenvalue weighted by molar-refractivity contribution is 6.36. The third-order valence-electron chi connectivity index (χ3n) is 3.26. The molecule has 0 aliphatic heterocycles. The van der Waals surface area contributed by atoms with Gasteiger partial charge >= 0.3 is 6.61 Å². The molecule has 0 saturated carbocycles. The summed E-state index contributed by atoms with van der Waals surface area (Å²) in [4.78, 5) is 12.3. The van der Waals surface area contributed by atoms with E-state index in [4.69, 9.17) is 27.9 Å². The number of anilines is 1. The molecule has 0 radical (unpaired) electrons. The molecule has 0 bridgehead atoms. The van der Waals surface area contributed by atoms with Crippen LogP contribution in [0.1, 0.15) is 5.56 Å². The molecule has 5 nitrogen and oxygen atoms in total. The average Bonchev–Trinajstić information content (AvgIpc) is 2.62. The topological polar surface area (TPSA) is 71.3 Å². The lowest BCUT2D eigenvalue weighted by molar-refractivity contribution is -0.112. The zero-order valence-electron chi connectivity index (χ0n) is 13.8. The van der Waals surface area contributed by atoms with Gasteiger partial charge in [-0.25, -0.2) is 0 Å². The minimum atomic E-state index is -3.01. The summed E-state index contributed by atoms with van der Waals surface area (Å²) < 4.78 is 34.0. The number of nitriles is 1. The summed E-state index contributed by atoms with van der Waals surface area (Å²) in [7, 11) is 1.28. The molecule has 0 heterocycles. The van der Waals surface area contributed by atoms with Crippen molar-refractivity contribution >= 4 is 40.9 Å². The summed E-state index contributed by atoms with van der Waals surface area (Å²) >= 11 is 11.8. The van der Waals surface area contributed by atoms with Gasteiger partial charge in [0.1, 0.15) is 11.6 Å². The predicted octanol–water partition coefficient (Wildman–Crippen LogP) is 5.15. The number of methoxy groups -OCH3 is 1. The number of carbonyl (C=O) groups excluding carboxylic acids is 1. The lowest BCUT2D eigenvalue weighted by Gasteiger charge is -2.10. The van der Waals surface area contributed by atoms with Crippen LogP contribution in [0.2, 0.25) is 10.0 Å². The Morgan fingerprint density at radius 1 is 1.22 bits per heavy atom. The maximum Gasteiger partial charge on any atom is 0.387 e. The van der Waals surface area contributed by atoms with Gasteiger partial charge in [0.05, 0.1) is 17.8 Å². The number of nitrogens with zero attached hydrogens (tertiary/aromatic N) is 1. The number of amides is 1. The Morgan fingerprint density at radius 3 is 2.56 bits per heavy atom. The van der Waals surface area contributed by atoms with Crippen LogP contribution in [0.5, 0.6) is 11.5 Å². The van der Waals surface area contributed by atoms with Gasteiger partial charge in [0, 0.05) is 5.02 Å². The van der Waals surface area contributed by atoms with Crippen molar-refractivity contribution in [1.82, 2.24) is 0 Å². The summed E-state index contributed by atoms with van der Waals surface area (Å²) in [5.74, 6) is -0.836. The van der Waals surface area contributed by atoms with E-state index in [1.807, 2.05) is 0 Å².